The number of anilines is 1. The van der Waals surface area contributed by atoms with Gasteiger partial charge >= 0.3 is 5.97 Å². The van der Waals surface area contributed by atoms with Gasteiger partial charge in [0.05, 0.1) is 36.5 Å². The summed E-state index contributed by atoms with van der Waals surface area (Å²) in [5.74, 6) is -1.60. The van der Waals surface area contributed by atoms with Gasteiger partial charge in [-0.15, -0.1) is 0 Å². The number of carbonyl (C=O) groups is 1. The molecule has 0 aliphatic carbocycles. The van der Waals surface area contributed by atoms with Crippen LogP contribution in [0.15, 0.2) is 18.2 Å². The molecule has 18 heavy (non-hydrogen) atoms. The Hall–Kier alpha value is -1.62. The van der Waals surface area contributed by atoms with Crippen molar-refractivity contribution in [3.63, 3.8) is 0 Å². The van der Waals surface area contributed by atoms with Crippen LogP contribution in [0.1, 0.15) is 23.2 Å². The molecule has 2 fully saturated rings. The maximum atomic E-state index is 13.2. The number of carboxylic acids is 1. The van der Waals surface area contributed by atoms with Crippen LogP contribution in [0.5, 0.6) is 0 Å². The molecule has 1 aromatic rings. The molecule has 0 spiro atoms. The summed E-state index contributed by atoms with van der Waals surface area (Å²) in [7, 11) is 0. The first-order valence-electron chi connectivity index (χ1n) is 6.06. The number of fused-ring (bicyclic) bond motifs is 2. The van der Waals surface area contributed by atoms with E-state index in [0.717, 1.165) is 18.9 Å². The van der Waals surface area contributed by atoms with Gasteiger partial charge in [-0.2, -0.15) is 0 Å². The number of aromatic carboxylic acids is 1. The molecule has 1 aromatic carbocycles. The van der Waals surface area contributed by atoms with E-state index in [4.69, 9.17) is 4.74 Å². The highest BCUT2D eigenvalue weighted by Gasteiger charge is 2.38. The van der Waals surface area contributed by atoms with Crippen LogP contribution < -0.4 is 4.90 Å². The number of rotatable bonds is 2. The highest BCUT2D eigenvalue weighted by molar-refractivity contribution is 5.94. The van der Waals surface area contributed by atoms with Crippen molar-refractivity contribution in [3.8, 4) is 0 Å². The summed E-state index contributed by atoms with van der Waals surface area (Å²) in [6.07, 6.45) is 2.00. The fourth-order valence-corrected chi connectivity index (χ4v) is 2.93. The normalized spacial score (nSPS) is 26.4. The van der Waals surface area contributed by atoms with E-state index in [1.54, 1.807) is 6.07 Å². The molecule has 5 heteroatoms. The molecule has 2 heterocycles. The lowest BCUT2D eigenvalue weighted by Gasteiger charge is -2.37. The minimum absolute atomic E-state index is 0.0359. The van der Waals surface area contributed by atoms with E-state index in [0.29, 0.717) is 18.9 Å². The third-order valence-electron chi connectivity index (χ3n) is 3.71. The molecule has 0 radical (unpaired) electrons. The second-order valence-electron chi connectivity index (χ2n) is 4.80. The highest BCUT2D eigenvalue weighted by atomic mass is 19.1. The average Bonchev–Trinajstić information content (AvgIpc) is 2.59. The Balaban J connectivity index is 2.04. The Labute approximate surface area is 104 Å². The van der Waals surface area contributed by atoms with Crippen LogP contribution in [0.4, 0.5) is 10.1 Å². The number of hydrogen-bond acceptors (Lipinski definition) is 3. The zero-order chi connectivity index (χ0) is 12.7. The first kappa shape index (κ1) is 11.5. The minimum atomic E-state index is -1.09. The van der Waals surface area contributed by atoms with Crippen molar-refractivity contribution in [1.29, 1.82) is 0 Å². The van der Waals surface area contributed by atoms with Crippen molar-refractivity contribution in [3.05, 3.63) is 29.6 Å². The van der Waals surface area contributed by atoms with Gasteiger partial charge in [-0.3, -0.25) is 0 Å². The van der Waals surface area contributed by atoms with Gasteiger partial charge < -0.3 is 14.7 Å². The Morgan fingerprint density at radius 1 is 1.33 bits per heavy atom. The molecule has 0 amide bonds. The predicted octanol–water partition coefficient (Wildman–Crippen LogP) is 1.89. The van der Waals surface area contributed by atoms with E-state index in [1.165, 1.54) is 6.07 Å². The van der Waals surface area contributed by atoms with E-state index < -0.39 is 11.8 Å². The third kappa shape index (κ3) is 1.75. The molecule has 0 saturated carbocycles. The van der Waals surface area contributed by atoms with Gasteiger partial charge in [0.25, 0.3) is 0 Å². The number of hydrogen-bond donors (Lipinski definition) is 1. The lowest BCUT2D eigenvalue weighted by molar-refractivity contribution is 0.0693. The predicted molar refractivity (Wildman–Crippen MR) is 63.5 cm³/mol. The van der Waals surface area contributed by atoms with E-state index in [1.807, 2.05) is 0 Å². The van der Waals surface area contributed by atoms with Crippen molar-refractivity contribution >= 4 is 11.7 Å². The molecular formula is C13H14FNO3. The maximum Gasteiger partial charge on any atom is 0.337 e. The second-order valence-corrected chi connectivity index (χ2v) is 4.80. The Morgan fingerprint density at radius 2 is 2.00 bits per heavy atom. The molecule has 1 N–H and O–H groups in total. The van der Waals surface area contributed by atoms with Gasteiger partial charge in [0.15, 0.2) is 0 Å². The fourth-order valence-electron chi connectivity index (χ4n) is 2.93. The molecule has 2 unspecified atom stereocenters. The molecule has 0 aromatic heterocycles. The van der Waals surface area contributed by atoms with Crippen LogP contribution in [0, 0.1) is 5.82 Å². The monoisotopic (exact) mass is 251 g/mol. The van der Waals surface area contributed by atoms with E-state index in [-0.39, 0.29) is 17.6 Å². The summed E-state index contributed by atoms with van der Waals surface area (Å²) in [6.45, 7) is 1.24. The zero-order valence-corrected chi connectivity index (χ0v) is 9.80. The molecule has 96 valence electrons. The minimum Gasteiger partial charge on any atom is -0.478 e. The van der Waals surface area contributed by atoms with Crippen molar-refractivity contribution in [1.82, 2.24) is 0 Å². The van der Waals surface area contributed by atoms with Crippen LogP contribution in [0.25, 0.3) is 0 Å². The fraction of sp³-hybridized carbons (Fsp3) is 0.462. The largest absolute Gasteiger partial charge is 0.478 e. The number of carboxylic acid groups (broad SMARTS) is 1. The van der Waals surface area contributed by atoms with Crippen molar-refractivity contribution < 1.29 is 19.0 Å². The Morgan fingerprint density at radius 3 is 2.61 bits per heavy atom. The van der Waals surface area contributed by atoms with Crippen LogP contribution in [-0.4, -0.2) is 36.4 Å². The molecule has 2 aliphatic rings. The molecule has 2 aliphatic heterocycles. The Kier molecular flexibility index (Phi) is 2.70. The van der Waals surface area contributed by atoms with Crippen molar-refractivity contribution in [2.45, 2.75) is 24.9 Å². The zero-order valence-electron chi connectivity index (χ0n) is 9.80. The highest BCUT2D eigenvalue weighted by Crippen LogP contribution is 2.36. The number of nitrogens with zero attached hydrogens (tertiary/aromatic N) is 1. The van der Waals surface area contributed by atoms with Gasteiger partial charge in [-0.05, 0) is 31.0 Å². The topological polar surface area (TPSA) is 49.8 Å². The van der Waals surface area contributed by atoms with Gasteiger partial charge in [-0.25, -0.2) is 9.18 Å². The summed E-state index contributed by atoms with van der Waals surface area (Å²) >= 11 is 0. The van der Waals surface area contributed by atoms with Gasteiger partial charge in [0, 0.05) is 0 Å². The van der Waals surface area contributed by atoms with E-state index in [2.05, 4.69) is 4.90 Å². The quantitative estimate of drug-likeness (QED) is 0.872. The van der Waals surface area contributed by atoms with E-state index >= 15 is 0 Å². The lowest BCUT2D eigenvalue weighted by Crippen LogP contribution is -2.46. The lowest BCUT2D eigenvalue weighted by atomic mass is 10.1. The van der Waals surface area contributed by atoms with Gasteiger partial charge in [0.1, 0.15) is 5.82 Å². The standard InChI is InChI=1S/C13H14FNO3/c14-8-1-4-12(11(5-8)13(16)17)15-9-2-3-10(15)7-18-6-9/h1,4-5,9-10H,2-3,6-7H2,(H,16,17). The van der Waals surface area contributed by atoms with Crippen molar-refractivity contribution in [2.75, 3.05) is 18.1 Å². The molecule has 2 atom stereocenters. The van der Waals surface area contributed by atoms with Gasteiger partial charge in [0.2, 0.25) is 0 Å². The van der Waals surface area contributed by atoms with Gasteiger partial charge in [-0.1, -0.05) is 0 Å². The number of halogens is 1. The number of morpholine rings is 1. The molecule has 4 nitrogen and oxygen atoms in total. The second kappa shape index (κ2) is 4.24. The molecule has 2 saturated heterocycles. The smallest absolute Gasteiger partial charge is 0.337 e. The Bertz CT molecular complexity index is 475. The summed E-state index contributed by atoms with van der Waals surface area (Å²) in [4.78, 5) is 13.3. The van der Waals surface area contributed by atoms with Crippen LogP contribution in [0.3, 0.4) is 0 Å². The van der Waals surface area contributed by atoms with Crippen LogP contribution >= 0.6 is 0 Å². The van der Waals surface area contributed by atoms with Crippen LogP contribution in [-0.2, 0) is 4.74 Å². The molecule has 2 bridgehead atoms. The third-order valence-corrected chi connectivity index (χ3v) is 3.71. The number of benzene rings is 1. The SMILES string of the molecule is O=C(O)c1cc(F)ccc1N1C2CCC1COC2. The van der Waals surface area contributed by atoms with Crippen molar-refractivity contribution in [2.24, 2.45) is 0 Å². The van der Waals surface area contributed by atoms with E-state index in [9.17, 15) is 14.3 Å². The summed E-state index contributed by atoms with van der Waals surface area (Å²) < 4.78 is 18.6. The molecular weight excluding hydrogens is 237 g/mol. The maximum absolute atomic E-state index is 13.2. The molecule has 3 rings (SSSR count). The summed E-state index contributed by atoms with van der Waals surface area (Å²) in [5.41, 5.74) is 0.647. The summed E-state index contributed by atoms with van der Waals surface area (Å²) in [5, 5.41) is 9.19. The first-order valence-corrected chi connectivity index (χ1v) is 6.06. The number of ether oxygens (including phenoxy) is 1. The summed E-state index contributed by atoms with van der Waals surface area (Å²) in [6, 6.07) is 4.40. The average molecular weight is 251 g/mol. The van der Waals surface area contributed by atoms with Crippen LogP contribution in [0.2, 0.25) is 0 Å². The first-order chi connectivity index (χ1) is 8.66.